The van der Waals surface area contributed by atoms with E-state index >= 15 is 0 Å². The fourth-order valence-electron chi connectivity index (χ4n) is 3.87. The SMILES string of the molecule is Cc1cc[c-]c2c1c1ccccc1n1c3cc(C(C)C)ccc3nc21.[Zn+][I]. The molecule has 0 radical (unpaired) electrons. The number of hydrogen-bond acceptors (Lipinski definition) is 1. The van der Waals surface area contributed by atoms with Crippen LogP contribution >= 0.6 is 19.8 Å². The first-order valence-corrected chi connectivity index (χ1v) is 18.1. The maximum atomic E-state index is 4.97. The number of pyridine rings is 1. The van der Waals surface area contributed by atoms with Gasteiger partial charge < -0.3 is 4.40 Å². The van der Waals surface area contributed by atoms with Gasteiger partial charge in [0, 0.05) is 5.52 Å². The second kappa shape index (κ2) is 7.48. The molecule has 5 aromatic rings. The number of aromatic nitrogens is 2. The van der Waals surface area contributed by atoms with E-state index in [1.165, 1.54) is 47.7 Å². The Morgan fingerprint density at radius 1 is 1.04 bits per heavy atom. The van der Waals surface area contributed by atoms with Crippen LogP contribution in [0, 0.1) is 13.0 Å². The molecule has 4 heteroatoms. The van der Waals surface area contributed by atoms with E-state index in [4.69, 9.17) is 4.98 Å². The van der Waals surface area contributed by atoms with E-state index in [1.807, 2.05) is 6.07 Å². The Morgan fingerprint density at radius 2 is 1.81 bits per heavy atom. The number of fused-ring (bicyclic) bond motifs is 8. The number of halogens is 1. The molecule has 27 heavy (non-hydrogen) atoms. The number of nitrogens with zero attached hydrogens (tertiary/aromatic N) is 2. The van der Waals surface area contributed by atoms with Gasteiger partial charge in [0.25, 0.3) is 0 Å². The van der Waals surface area contributed by atoms with Gasteiger partial charge in [-0.15, -0.1) is 23.8 Å². The van der Waals surface area contributed by atoms with E-state index in [1.54, 1.807) is 0 Å². The molecule has 0 aliphatic rings. The van der Waals surface area contributed by atoms with E-state index in [-0.39, 0.29) is 0 Å². The molecule has 0 amide bonds. The van der Waals surface area contributed by atoms with Crippen molar-refractivity contribution in [3.63, 3.8) is 0 Å². The Kier molecular flexibility index (Phi) is 5.22. The first-order valence-electron chi connectivity index (χ1n) is 9.05. The summed E-state index contributed by atoms with van der Waals surface area (Å²) in [6.07, 6.45) is 0. The van der Waals surface area contributed by atoms with E-state index in [2.05, 4.69) is 99.5 Å². The van der Waals surface area contributed by atoms with Crippen molar-refractivity contribution in [2.24, 2.45) is 0 Å². The number of imidazole rings is 1. The number of hydrogen-bond donors (Lipinski definition) is 0. The molecule has 0 aliphatic carbocycles. The molecule has 0 fully saturated rings. The van der Waals surface area contributed by atoms with Gasteiger partial charge in [0.1, 0.15) is 0 Å². The minimum atomic E-state index is 0.496. The summed E-state index contributed by atoms with van der Waals surface area (Å²) in [6, 6.07) is 22.8. The van der Waals surface area contributed by atoms with Gasteiger partial charge in [-0.1, -0.05) is 55.8 Å². The zero-order valence-electron chi connectivity index (χ0n) is 15.8. The van der Waals surface area contributed by atoms with Crippen molar-refractivity contribution in [1.29, 1.82) is 0 Å². The second-order valence-electron chi connectivity index (χ2n) is 7.10. The van der Waals surface area contributed by atoms with E-state index in [9.17, 15) is 0 Å². The quantitative estimate of drug-likeness (QED) is 0.103. The van der Waals surface area contributed by atoms with Gasteiger partial charge in [-0.25, -0.2) is 0 Å². The minimum absolute atomic E-state index is 0.496. The molecule has 0 bridgehead atoms. The first kappa shape index (κ1) is 18.8. The number of para-hydroxylation sites is 1. The number of aryl methyl sites for hydroxylation is 1. The Labute approximate surface area is 179 Å². The van der Waals surface area contributed by atoms with Gasteiger partial charge in [0.05, 0.1) is 16.7 Å². The van der Waals surface area contributed by atoms with Crippen LogP contribution in [0.4, 0.5) is 0 Å². The zero-order valence-corrected chi connectivity index (χ0v) is 20.9. The molecule has 2 aromatic heterocycles. The molecule has 2 nitrogen and oxygen atoms in total. The van der Waals surface area contributed by atoms with E-state index in [0.29, 0.717) is 5.92 Å². The van der Waals surface area contributed by atoms with Crippen LogP contribution in [0.25, 0.3) is 38.4 Å². The topological polar surface area (TPSA) is 17.3 Å². The van der Waals surface area contributed by atoms with Crippen LogP contribution in [0.2, 0.25) is 0 Å². The molecule has 3 aromatic carbocycles. The summed E-state index contributed by atoms with van der Waals surface area (Å²) in [6.45, 7) is 6.63. The average Bonchev–Trinajstić information content (AvgIpc) is 3.09. The third-order valence-corrected chi connectivity index (χ3v) is 5.19. The van der Waals surface area contributed by atoms with Crippen molar-refractivity contribution in [1.82, 2.24) is 9.38 Å². The Balaban J connectivity index is 0.000000872. The molecule has 5 rings (SSSR count). The van der Waals surface area contributed by atoms with Gasteiger partial charge in [-0.3, -0.25) is 4.98 Å². The third-order valence-electron chi connectivity index (χ3n) is 5.19. The van der Waals surface area contributed by atoms with Crippen molar-refractivity contribution in [2.45, 2.75) is 26.7 Å². The summed E-state index contributed by atoms with van der Waals surface area (Å²) < 4.78 is 2.30. The summed E-state index contributed by atoms with van der Waals surface area (Å²) in [5, 5.41) is 3.61. The molecule has 0 N–H and O–H groups in total. The van der Waals surface area contributed by atoms with Gasteiger partial charge in [-0.2, -0.15) is 0 Å². The second-order valence-corrected chi connectivity index (χ2v) is 7.10. The monoisotopic (exact) mass is 514 g/mol. The normalized spacial score (nSPS) is 11.5. The van der Waals surface area contributed by atoms with Crippen LogP contribution in [-0.4, -0.2) is 9.38 Å². The van der Waals surface area contributed by atoms with Crippen molar-refractivity contribution in [2.75, 3.05) is 0 Å². The molecule has 0 saturated carbocycles. The predicted molar refractivity (Wildman–Crippen MR) is 119 cm³/mol. The molecule has 0 unspecified atom stereocenters. The van der Waals surface area contributed by atoms with Gasteiger partial charge in [0.15, 0.2) is 0 Å². The fraction of sp³-hybridized carbons (Fsp3) is 0.174. The standard InChI is InChI=1S/C23H19N2.HI.Zn/c1-14(2)16-11-12-19-21(13-16)25-20-10-5-4-8-17(20)22-15(3)7-6-9-18(22)23(25)24-19;;/h4-8,10-14H,1-3H3;1H;/q-1;;+2/p-1. The van der Waals surface area contributed by atoms with Crippen LogP contribution in [0.5, 0.6) is 0 Å². The van der Waals surface area contributed by atoms with Gasteiger partial charge in [0.2, 0.25) is 0 Å². The average molecular weight is 516 g/mol. The van der Waals surface area contributed by atoms with Crippen molar-refractivity contribution < 1.29 is 14.8 Å². The van der Waals surface area contributed by atoms with Crippen molar-refractivity contribution >= 4 is 58.1 Å². The van der Waals surface area contributed by atoms with Crippen LogP contribution in [-0.2, 0) is 14.8 Å². The Hall–Kier alpha value is -1.52. The summed E-state index contributed by atoms with van der Waals surface area (Å²) >= 11 is 3.62. The molecule has 0 spiro atoms. The van der Waals surface area contributed by atoms with Crippen LogP contribution in [0.15, 0.2) is 54.6 Å². The predicted octanol–water partition coefficient (Wildman–Crippen LogP) is 6.91. The third kappa shape index (κ3) is 2.98. The molecule has 0 atom stereocenters. The van der Waals surface area contributed by atoms with Crippen LogP contribution < -0.4 is 0 Å². The van der Waals surface area contributed by atoms with E-state index in [0.717, 1.165) is 16.6 Å². The van der Waals surface area contributed by atoms with Gasteiger partial charge >= 0.3 is 34.5 Å². The number of benzene rings is 3. The Bertz CT molecular complexity index is 1290. The molecular formula is C23H19IN2Zn. The summed E-state index contributed by atoms with van der Waals surface area (Å²) in [5.74, 6) is 0.496. The fourth-order valence-corrected chi connectivity index (χ4v) is 3.87. The van der Waals surface area contributed by atoms with Gasteiger partial charge in [-0.05, 0) is 35.1 Å². The van der Waals surface area contributed by atoms with E-state index < -0.39 is 0 Å². The summed E-state index contributed by atoms with van der Waals surface area (Å²) in [7, 11) is 0. The molecule has 0 aliphatic heterocycles. The first-order chi connectivity index (χ1) is 13.1. The molecule has 2 heterocycles. The van der Waals surface area contributed by atoms with Crippen molar-refractivity contribution in [3.8, 4) is 0 Å². The molecule has 0 saturated heterocycles. The molecule has 130 valence electrons. The van der Waals surface area contributed by atoms with Crippen LogP contribution in [0.1, 0.15) is 30.9 Å². The van der Waals surface area contributed by atoms with Crippen molar-refractivity contribution in [3.05, 3.63) is 71.8 Å². The zero-order chi connectivity index (χ0) is 19.1. The maximum absolute atomic E-state index is 4.97. The number of rotatable bonds is 1. The summed E-state index contributed by atoms with van der Waals surface area (Å²) in [4.78, 5) is 4.97. The van der Waals surface area contributed by atoms with Crippen LogP contribution in [0.3, 0.4) is 0 Å². The Morgan fingerprint density at radius 3 is 2.59 bits per heavy atom. The summed E-state index contributed by atoms with van der Waals surface area (Å²) in [5.41, 5.74) is 7.02. The molecular weight excluding hydrogens is 497 g/mol.